The molecular weight excluding hydrogens is 360 g/mol. The third-order valence-corrected chi connectivity index (χ3v) is 4.71. The predicted octanol–water partition coefficient (Wildman–Crippen LogP) is 5.40. The van der Waals surface area contributed by atoms with Crippen molar-refractivity contribution >= 4 is 23.1 Å². The normalized spacial score (nSPS) is 10.7. The molecule has 0 atom stereocenters. The molecule has 2 aromatic heterocycles. The van der Waals surface area contributed by atoms with Gasteiger partial charge in [0.05, 0.1) is 0 Å². The van der Waals surface area contributed by atoms with Crippen molar-refractivity contribution in [3.05, 3.63) is 65.4 Å². The Bertz CT molecular complexity index is 1100. The summed E-state index contributed by atoms with van der Waals surface area (Å²) in [6, 6.07) is 16.6. The molecule has 1 amide bonds. The van der Waals surface area contributed by atoms with Crippen molar-refractivity contribution in [2.75, 3.05) is 5.32 Å². The highest BCUT2D eigenvalue weighted by atomic mass is 32.1. The Balaban J connectivity index is 1.86. The lowest BCUT2D eigenvalue weighted by Gasteiger charge is -2.07. The highest BCUT2D eigenvalue weighted by Gasteiger charge is 2.20. The number of carbonyl (C=O) groups is 1. The summed E-state index contributed by atoms with van der Waals surface area (Å²) in [7, 11) is 0. The second kappa shape index (κ2) is 7.09. The first kappa shape index (κ1) is 17.1. The van der Waals surface area contributed by atoms with E-state index in [9.17, 15) is 9.90 Å². The lowest BCUT2D eigenvalue weighted by atomic mass is 9.99. The monoisotopic (exact) mass is 376 g/mol. The molecule has 0 aliphatic carbocycles. The van der Waals surface area contributed by atoms with Crippen LogP contribution in [0.3, 0.4) is 0 Å². The molecule has 0 saturated heterocycles. The topological polar surface area (TPSA) is 75.4 Å². The SMILES string of the molecule is CC(=O)Nc1oc(-c2ccccc2-c2cccc(O)c2)nc1-c1ccsc1. The number of rotatable bonds is 4. The summed E-state index contributed by atoms with van der Waals surface area (Å²) in [4.78, 5) is 16.2. The molecule has 134 valence electrons. The maximum absolute atomic E-state index is 11.6. The number of anilines is 1. The minimum atomic E-state index is -0.226. The second-order valence-corrected chi connectivity index (χ2v) is 6.77. The third kappa shape index (κ3) is 3.47. The molecule has 0 aliphatic heterocycles. The Hall–Kier alpha value is -3.38. The smallest absolute Gasteiger partial charge is 0.229 e. The number of hydrogen-bond acceptors (Lipinski definition) is 5. The lowest BCUT2D eigenvalue weighted by Crippen LogP contribution is -2.05. The lowest BCUT2D eigenvalue weighted by molar-refractivity contribution is -0.114. The van der Waals surface area contributed by atoms with Gasteiger partial charge in [0.15, 0.2) is 0 Å². The molecule has 6 heteroatoms. The number of amides is 1. The van der Waals surface area contributed by atoms with E-state index >= 15 is 0 Å². The first-order valence-electron chi connectivity index (χ1n) is 8.31. The summed E-state index contributed by atoms with van der Waals surface area (Å²) in [6.45, 7) is 1.43. The van der Waals surface area contributed by atoms with Gasteiger partial charge in [-0.2, -0.15) is 11.3 Å². The average Bonchev–Trinajstić information content (AvgIpc) is 3.31. The van der Waals surface area contributed by atoms with Crippen molar-refractivity contribution in [2.45, 2.75) is 6.92 Å². The fourth-order valence-corrected chi connectivity index (χ4v) is 3.51. The summed E-state index contributed by atoms with van der Waals surface area (Å²) >= 11 is 1.55. The van der Waals surface area contributed by atoms with E-state index in [2.05, 4.69) is 10.3 Å². The van der Waals surface area contributed by atoms with Gasteiger partial charge in [-0.3, -0.25) is 10.1 Å². The number of nitrogens with zero attached hydrogens (tertiary/aromatic N) is 1. The number of aromatic hydroxyl groups is 1. The number of phenolic OH excluding ortho intramolecular Hbond substituents is 1. The van der Waals surface area contributed by atoms with E-state index in [0.29, 0.717) is 17.5 Å². The van der Waals surface area contributed by atoms with Gasteiger partial charge in [0, 0.05) is 23.4 Å². The van der Waals surface area contributed by atoms with Crippen LogP contribution in [0.4, 0.5) is 5.88 Å². The fourth-order valence-electron chi connectivity index (χ4n) is 2.87. The van der Waals surface area contributed by atoms with Crippen LogP contribution in [0.2, 0.25) is 0 Å². The molecule has 0 spiro atoms. The van der Waals surface area contributed by atoms with Gasteiger partial charge in [-0.15, -0.1) is 0 Å². The Morgan fingerprint density at radius 2 is 1.89 bits per heavy atom. The van der Waals surface area contributed by atoms with Crippen LogP contribution >= 0.6 is 11.3 Å². The van der Waals surface area contributed by atoms with Crippen LogP contribution < -0.4 is 5.32 Å². The van der Waals surface area contributed by atoms with Crippen molar-refractivity contribution < 1.29 is 14.3 Å². The van der Waals surface area contributed by atoms with E-state index in [1.807, 2.05) is 47.2 Å². The number of benzene rings is 2. The van der Waals surface area contributed by atoms with Gasteiger partial charge < -0.3 is 9.52 Å². The molecule has 4 aromatic rings. The van der Waals surface area contributed by atoms with Crippen molar-refractivity contribution in [3.8, 4) is 39.6 Å². The molecular formula is C21H16N2O3S. The van der Waals surface area contributed by atoms with Gasteiger partial charge in [0.25, 0.3) is 0 Å². The minimum Gasteiger partial charge on any atom is -0.508 e. The zero-order chi connectivity index (χ0) is 18.8. The van der Waals surface area contributed by atoms with Crippen molar-refractivity contribution in [1.29, 1.82) is 0 Å². The van der Waals surface area contributed by atoms with E-state index in [-0.39, 0.29) is 11.7 Å². The highest BCUT2D eigenvalue weighted by Crippen LogP contribution is 2.38. The molecule has 2 N–H and O–H groups in total. The van der Waals surface area contributed by atoms with Crippen LogP contribution in [0.25, 0.3) is 33.8 Å². The number of thiophene rings is 1. The molecule has 4 rings (SSSR count). The maximum Gasteiger partial charge on any atom is 0.229 e. The molecule has 27 heavy (non-hydrogen) atoms. The molecule has 0 fully saturated rings. The van der Waals surface area contributed by atoms with Crippen molar-refractivity contribution in [1.82, 2.24) is 4.98 Å². The molecule has 0 aliphatic rings. The number of phenols is 1. The van der Waals surface area contributed by atoms with Gasteiger partial charge in [0.1, 0.15) is 11.4 Å². The van der Waals surface area contributed by atoms with Gasteiger partial charge in [0.2, 0.25) is 17.7 Å². The van der Waals surface area contributed by atoms with Gasteiger partial charge in [-0.1, -0.05) is 30.3 Å². The Kier molecular flexibility index (Phi) is 4.48. The molecule has 0 bridgehead atoms. The van der Waals surface area contributed by atoms with E-state index in [1.54, 1.807) is 29.5 Å². The first-order valence-corrected chi connectivity index (χ1v) is 9.26. The van der Waals surface area contributed by atoms with Crippen LogP contribution in [0, 0.1) is 0 Å². The molecule has 2 aromatic carbocycles. The second-order valence-electron chi connectivity index (χ2n) is 5.99. The molecule has 5 nitrogen and oxygen atoms in total. The fraction of sp³-hybridized carbons (Fsp3) is 0.0476. The number of oxazole rings is 1. The number of nitrogens with one attached hydrogen (secondary N) is 1. The van der Waals surface area contributed by atoms with Crippen LogP contribution in [-0.2, 0) is 4.79 Å². The van der Waals surface area contributed by atoms with Crippen LogP contribution in [-0.4, -0.2) is 16.0 Å². The van der Waals surface area contributed by atoms with E-state index < -0.39 is 0 Å². The summed E-state index contributed by atoms with van der Waals surface area (Å²) < 4.78 is 5.93. The predicted molar refractivity (Wildman–Crippen MR) is 107 cm³/mol. The highest BCUT2D eigenvalue weighted by molar-refractivity contribution is 7.08. The largest absolute Gasteiger partial charge is 0.508 e. The number of aromatic nitrogens is 1. The van der Waals surface area contributed by atoms with E-state index in [0.717, 1.165) is 22.3 Å². The van der Waals surface area contributed by atoms with Crippen molar-refractivity contribution in [3.63, 3.8) is 0 Å². The van der Waals surface area contributed by atoms with Crippen LogP contribution in [0.1, 0.15) is 6.92 Å². The van der Waals surface area contributed by atoms with Gasteiger partial charge in [-0.05, 0) is 40.8 Å². The van der Waals surface area contributed by atoms with Crippen LogP contribution in [0.15, 0.2) is 69.8 Å². The summed E-state index contributed by atoms with van der Waals surface area (Å²) in [5, 5.41) is 16.4. The van der Waals surface area contributed by atoms with Crippen molar-refractivity contribution in [2.24, 2.45) is 0 Å². The standard InChI is InChI=1S/C21H16N2O3S/c1-13(24)22-21-19(15-9-10-27-12-15)23-20(26-21)18-8-3-2-7-17(18)14-5-4-6-16(25)11-14/h2-12,25H,1H3,(H,22,24). The molecule has 0 radical (unpaired) electrons. The molecule has 2 heterocycles. The van der Waals surface area contributed by atoms with E-state index in [1.165, 1.54) is 6.92 Å². The Morgan fingerprint density at radius 1 is 1.07 bits per heavy atom. The van der Waals surface area contributed by atoms with Crippen LogP contribution in [0.5, 0.6) is 5.75 Å². The average molecular weight is 376 g/mol. The Labute approximate surface area is 159 Å². The molecule has 0 saturated carbocycles. The Morgan fingerprint density at radius 3 is 2.59 bits per heavy atom. The van der Waals surface area contributed by atoms with Gasteiger partial charge in [-0.25, -0.2) is 4.98 Å². The number of hydrogen-bond donors (Lipinski definition) is 2. The quantitative estimate of drug-likeness (QED) is 0.500. The summed E-state index contributed by atoms with van der Waals surface area (Å²) in [5.74, 6) is 0.684. The zero-order valence-corrected chi connectivity index (χ0v) is 15.3. The third-order valence-electron chi connectivity index (χ3n) is 4.03. The minimum absolute atomic E-state index is 0.188. The summed E-state index contributed by atoms with van der Waals surface area (Å²) in [6.07, 6.45) is 0. The molecule has 0 unspecified atom stereocenters. The maximum atomic E-state index is 11.6. The summed E-state index contributed by atoms with van der Waals surface area (Å²) in [5.41, 5.74) is 3.97. The first-order chi connectivity index (χ1) is 13.1. The van der Waals surface area contributed by atoms with E-state index in [4.69, 9.17) is 4.42 Å². The number of carbonyl (C=O) groups excluding carboxylic acids is 1. The van der Waals surface area contributed by atoms with Gasteiger partial charge >= 0.3 is 0 Å². The zero-order valence-electron chi connectivity index (χ0n) is 14.5.